The zero-order valence-corrected chi connectivity index (χ0v) is 9.70. The summed E-state index contributed by atoms with van der Waals surface area (Å²) in [6.45, 7) is 5.57. The summed E-state index contributed by atoms with van der Waals surface area (Å²) in [6.07, 6.45) is 0. The third-order valence-corrected chi connectivity index (χ3v) is 2.04. The van der Waals surface area contributed by atoms with Crippen molar-refractivity contribution in [1.29, 1.82) is 0 Å². The van der Waals surface area contributed by atoms with Crippen LogP contribution in [0.3, 0.4) is 0 Å². The first kappa shape index (κ1) is 12.2. The highest BCUT2D eigenvalue weighted by molar-refractivity contribution is 5.99. The molecule has 0 bridgehead atoms. The highest BCUT2D eigenvalue weighted by atomic mass is 16.2. The first-order chi connectivity index (χ1) is 7.40. The van der Waals surface area contributed by atoms with E-state index in [2.05, 4.69) is 5.32 Å². The average Bonchev–Trinajstić information content (AvgIpc) is 2.15. The van der Waals surface area contributed by atoms with Crippen molar-refractivity contribution < 1.29 is 9.59 Å². The minimum atomic E-state index is -0.526. The van der Waals surface area contributed by atoms with Crippen molar-refractivity contribution in [2.24, 2.45) is 5.73 Å². The molecule has 3 N–H and O–H groups in total. The Labute approximate surface area is 94.8 Å². The molecule has 2 amide bonds. The number of hydrogen-bond acceptors (Lipinski definition) is 2. The normalized spacial score (nSPS) is 10.2. The van der Waals surface area contributed by atoms with Crippen LogP contribution < -0.4 is 11.1 Å². The standard InChI is InChI=1S/C12H16N2O2/c1-7(2)14-12(16)10-5-8(3)4-9(6-10)11(13)15/h4-7H,1-3H3,(H2,13,15)(H,14,16). The lowest BCUT2D eigenvalue weighted by molar-refractivity contribution is 0.0943. The van der Waals surface area contributed by atoms with E-state index >= 15 is 0 Å². The molecule has 0 aliphatic rings. The number of amides is 2. The van der Waals surface area contributed by atoms with Gasteiger partial charge in [0.25, 0.3) is 5.91 Å². The van der Waals surface area contributed by atoms with Crippen LogP contribution in [-0.4, -0.2) is 17.9 Å². The molecule has 0 aromatic heterocycles. The Morgan fingerprint density at radius 3 is 2.25 bits per heavy atom. The van der Waals surface area contributed by atoms with Gasteiger partial charge in [0, 0.05) is 17.2 Å². The van der Waals surface area contributed by atoms with Crippen molar-refractivity contribution >= 4 is 11.8 Å². The SMILES string of the molecule is Cc1cc(C(N)=O)cc(C(=O)NC(C)C)c1. The van der Waals surface area contributed by atoms with Gasteiger partial charge in [-0.1, -0.05) is 0 Å². The van der Waals surface area contributed by atoms with Gasteiger partial charge in [-0.2, -0.15) is 0 Å². The molecule has 1 aromatic carbocycles. The molecule has 0 aliphatic carbocycles. The van der Waals surface area contributed by atoms with E-state index in [4.69, 9.17) is 5.73 Å². The van der Waals surface area contributed by atoms with Crippen LogP contribution in [0.1, 0.15) is 40.1 Å². The Morgan fingerprint density at radius 1 is 1.19 bits per heavy atom. The Balaban J connectivity index is 3.05. The number of benzene rings is 1. The van der Waals surface area contributed by atoms with Gasteiger partial charge in [-0.3, -0.25) is 9.59 Å². The second-order valence-electron chi connectivity index (χ2n) is 4.08. The molecule has 0 unspecified atom stereocenters. The highest BCUT2D eigenvalue weighted by Crippen LogP contribution is 2.09. The third kappa shape index (κ3) is 3.08. The number of hydrogen-bond donors (Lipinski definition) is 2. The summed E-state index contributed by atoms with van der Waals surface area (Å²) in [7, 11) is 0. The number of primary amides is 1. The summed E-state index contributed by atoms with van der Waals surface area (Å²) in [5, 5.41) is 2.76. The molecule has 0 spiro atoms. The third-order valence-electron chi connectivity index (χ3n) is 2.04. The van der Waals surface area contributed by atoms with E-state index in [1.54, 1.807) is 12.1 Å². The summed E-state index contributed by atoms with van der Waals surface area (Å²) >= 11 is 0. The quantitative estimate of drug-likeness (QED) is 0.804. The predicted octanol–water partition coefficient (Wildman–Crippen LogP) is 1.23. The summed E-state index contributed by atoms with van der Waals surface area (Å²) < 4.78 is 0. The van der Waals surface area contributed by atoms with Gasteiger partial charge in [0.05, 0.1) is 0 Å². The number of carbonyl (C=O) groups excluding carboxylic acids is 2. The minimum Gasteiger partial charge on any atom is -0.366 e. The van der Waals surface area contributed by atoms with E-state index in [9.17, 15) is 9.59 Å². The van der Waals surface area contributed by atoms with Gasteiger partial charge in [-0.05, 0) is 44.5 Å². The number of aryl methyl sites for hydroxylation is 1. The van der Waals surface area contributed by atoms with Crippen molar-refractivity contribution in [3.63, 3.8) is 0 Å². The smallest absolute Gasteiger partial charge is 0.251 e. The molecule has 4 heteroatoms. The summed E-state index contributed by atoms with van der Waals surface area (Å²) in [6, 6.07) is 4.95. The van der Waals surface area contributed by atoms with Crippen molar-refractivity contribution in [3.8, 4) is 0 Å². The van der Waals surface area contributed by atoms with Gasteiger partial charge in [-0.25, -0.2) is 0 Å². The van der Waals surface area contributed by atoms with Crippen molar-refractivity contribution in [2.45, 2.75) is 26.8 Å². The molecule has 1 rings (SSSR count). The molecule has 0 saturated heterocycles. The molecule has 0 aliphatic heterocycles. The molecule has 86 valence electrons. The van der Waals surface area contributed by atoms with Crippen LogP contribution in [0.5, 0.6) is 0 Å². The van der Waals surface area contributed by atoms with E-state index in [0.717, 1.165) is 5.56 Å². The maximum atomic E-state index is 11.7. The predicted molar refractivity (Wildman–Crippen MR) is 62.3 cm³/mol. The van der Waals surface area contributed by atoms with Gasteiger partial charge in [0.15, 0.2) is 0 Å². The van der Waals surface area contributed by atoms with Crippen molar-refractivity contribution in [2.75, 3.05) is 0 Å². The Bertz CT molecular complexity index is 425. The van der Waals surface area contributed by atoms with E-state index in [0.29, 0.717) is 11.1 Å². The minimum absolute atomic E-state index is 0.0602. The molecule has 0 fully saturated rings. The van der Waals surface area contributed by atoms with E-state index in [1.807, 2.05) is 20.8 Å². The fourth-order valence-corrected chi connectivity index (χ4v) is 1.40. The van der Waals surface area contributed by atoms with Crippen LogP contribution in [0.4, 0.5) is 0 Å². The second kappa shape index (κ2) is 4.79. The lowest BCUT2D eigenvalue weighted by Gasteiger charge is -2.09. The van der Waals surface area contributed by atoms with E-state index < -0.39 is 5.91 Å². The van der Waals surface area contributed by atoms with Crippen LogP contribution in [-0.2, 0) is 0 Å². The van der Waals surface area contributed by atoms with Crippen LogP contribution in [0, 0.1) is 6.92 Å². The first-order valence-corrected chi connectivity index (χ1v) is 5.12. The fraction of sp³-hybridized carbons (Fsp3) is 0.333. The van der Waals surface area contributed by atoms with E-state index in [1.165, 1.54) is 6.07 Å². The van der Waals surface area contributed by atoms with Crippen LogP contribution in [0.25, 0.3) is 0 Å². The molecule has 0 saturated carbocycles. The van der Waals surface area contributed by atoms with Gasteiger partial charge < -0.3 is 11.1 Å². The molecular formula is C12H16N2O2. The number of carbonyl (C=O) groups is 2. The maximum absolute atomic E-state index is 11.7. The summed E-state index contributed by atoms with van der Waals surface area (Å²) in [5.74, 6) is -0.719. The van der Waals surface area contributed by atoms with Crippen LogP contribution >= 0.6 is 0 Å². The van der Waals surface area contributed by atoms with Crippen molar-refractivity contribution in [3.05, 3.63) is 34.9 Å². The fourth-order valence-electron chi connectivity index (χ4n) is 1.40. The summed E-state index contributed by atoms with van der Waals surface area (Å²) in [4.78, 5) is 22.8. The zero-order valence-electron chi connectivity index (χ0n) is 9.70. The van der Waals surface area contributed by atoms with Crippen LogP contribution in [0.15, 0.2) is 18.2 Å². The number of rotatable bonds is 3. The zero-order chi connectivity index (χ0) is 12.3. The Kier molecular flexibility index (Phi) is 3.66. The molecule has 0 heterocycles. The molecular weight excluding hydrogens is 204 g/mol. The second-order valence-corrected chi connectivity index (χ2v) is 4.08. The van der Waals surface area contributed by atoms with Gasteiger partial charge in [0.2, 0.25) is 5.91 Å². The lowest BCUT2D eigenvalue weighted by Crippen LogP contribution is -2.30. The molecule has 0 atom stereocenters. The lowest BCUT2D eigenvalue weighted by atomic mass is 10.1. The van der Waals surface area contributed by atoms with Crippen molar-refractivity contribution in [1.82, 2.24) is 5.32 Å². The largest absolute Gasteiger partial charge is 0.366 e. The molecule has 4 nitrogen and oxygen atoms in total. The Morgan fingerprint density at radius 2 is 1.75 bits per heavy atom. The van der Waals surface area contributed by atoms with Crippen LogP contribution in [0.2, 0.25) is 0 Å². The highest BCUT2D eigenvalue weighted by Gasteiger charge is 2.10. The maximum Gasteiger partial charge on any atom is 0.251 e. The Hall–Kier alpha value is -1.84. The first-order valence-electron chi connectivity index (χ1n) is 5.12. The van der Waals surface area contributed by atoms with Gasteiger partial charge >= 0.3 is 0 Å². The molecule has 1 aromatic rings. The average molecular weight is 220 g/mol. The molecule has 0 radical (unpaired) electrons. The number of nitrogens with two attached hydrogens (primary N) is 1. The van der Waals surface area contributed by atoms with Gasteiger partial charge in [-0.15, -0.1) is 0 Å². The monoisotopic (exact) mass is 220 g/mol. The topological polar surface area (TPSA) is 72.2 Å². The van der Waals surface area contributed by atoms with E-state index in [-0.39, 0.29) is 11.9 Å². The van der Waals surface area contributed by atoms with Gasteiger partial charge in [0.1, 0.15) is 0 Å². The summed E-state index contributed by atoms with van der Waals surface area (Å²) in [5.41, 5.74) is 6.84. The number of nitrogens with one attached hydrogen (secondary N) is 1. The molecule has 16 heavy (non-hydrogen) atoms.